The van der Waals surface area contributed by atoms with Crippen molar-refractivity contribution in [1.82, 2.24) is 0 Å². The minimum absolute atomic E-state index is 0. The molecule has 0 aromatic heterocycles. The van der Waals surface area contributed by atoms with Gasteiger partial charge in [-0.2, -0.15) is 0 Å². The summed E-state index contributed by atoms with van der Waals surface area (Å²) in [5, 5.41) is 0. The first-order valence-electron chi connectivity index (χ1n) is 1.29. The summed E-state index contributed by atoms with van der Waals surface area (Å²) in [6.45, 7) is 1.25. The second kappa shape index (κ2) is 9.15. The number of ether oxygens (including phenoxy) is 2. The number of hydrogen-bond acceptors (Lipinski definition) is 2. The Morgan fingerprint density at radius 2 is 1.50 bits per heavy atom. The monoisotopic (exact) mass is 259 g/mol. The van der Waals surface area contributed by atoms with Gasteiger partial charge in [-0.15, -0.1) is 0 Å². The minimum Gasteiger partial charge on any atom is -0.527 e. The Labute approximate surface area is 52.1 Å². The van der Waals surface area contributed by atoms with Crippen molar-refractivity contribution in [2.45, 2.75) is 0 Å². The Morgan fingerprint density at radius 3 is 1.50 bits per heavy atom. The van der Waals surface area contributed by atoms with E-state index < -0.39 is 0 Å². The molecular formula is C3H7O2W-. The summed E-state index contributed by atoms with van der Waals surface area (Å²) in [7, 11) is 3.06. The van der Waals surface area contributed by atoms with Gasteiger partial charge in [0.05, 0.1) is 0 Å². The zero-order valence-electron chi connectivity index (χ0n) is 3.80. The molecule has 0 heterocycles. The molecule has 3 heteroatoms. The van der Waals surface area contributed by atoms with Crippen molar-refractivity contribution in [3.05, 3.63) is 6.79 Å². The average molecular weight is 259 g/mol. The van der Waals surface area contributed by atoms with Crippen LogP contribution in [0.1, 0.15) is 0 Å². The fraction of sp³-hybridized carbons (Fsp3) is 0.667. The average Bonchev–Trinajstić information content (AvgIpc) is 1.41. The van der Waals surface area contributed by atoms with Crippen molar-refractivity contribution in [1.29, 1.82) is 0 Å². The largest absolute Gasteiger partial charge is 0.527 e. The first-order valence-corrected chi connectivity index (χ1v) is 1.29. The van der Waals surface area contributed by atoms with E-state index in [-0.39, 0.29) is 21.1 Å². The standard InChI is InChI=1S/C3H7O2.W/c1-4-3-5-2;/h3H,1-2H3;/q-1;. The third-order valence-electron chi connectivity index (χ3n) is 0.192. The molecule has 0 N–H and O–H groups in total. The maximum Gasteiger partial charge on any atom is 0.00103 e. The Kier molecular flexibility index (Phi) is 14.9. The molecule has 0 bridgehead atoms. The summed E-state index contributed by atoms with van der Waals surface area (Å²) in [6, 6.07) is 0. The molecule has 0 aromatic rings. The van der Waals surface area contributed by atoms with E-state index in [0.29, 0.717) is 0 Å². The van der Waals surface area contributed by atoms with Gasteiger partial charge in [-0.3, -0.25) is 0 Å². The smallest absolute Gasteiger partial charge is 0.00103 e. The Morgan fingerprint density at radius 1 is 1.17 bits per heavy atom. The first-order chi connectivity index (χ1) is 2.41. The summed E-state index contributed by atoms with van der Waals surface area (Å²) >= 11 is 0. The van der Waals surface area contributed by atoms with E-state index in [1.54, 1.807) is 0 Å². The van der Waals surface area contributed by atoms with Crippen LogP contribution in [-0.2, 0) is 30.5 Å². The van der Waals surface area contributed by atoms with E-state index in [1.165, 1.54) is 21.0 Å². The molecule has 0 rings (SSSR count). The van der Waals surface area contributed by atoms with Crippen LogP contribution in [0.3, 0.4) is 0 Å². The van der Waals surface area contributed by atoms with E-state index >= 15 is 0 Å². The van der Waals surface area contributed by atoms with Crippen LogP contribution in [0, 0.1) is 6.79 Å². The van der Waals surface area contributed by atoms with Crippen molar-refractivity contribution in [2.24, 2.45) is 0 Å². The van der Waals surface area contributed by atoms with Crippen LogP contribution in [0.5, 0.6) is 0 Å². The van der Waals surface area contributed by atoms with E-state index in [1.807, 2.05) is 0 Å². The number of methoxy groups -OCH3 is 2. The van der Waals surface area contributed by atoms with Gasteiger partial charge in [-0.05, 0) is 0 Å². The van der Waals surface area contributed by atoms with Gasteiger partial charge in [0.15, 0.2) is 0 Å². The molecule has 38 valence electrons. The van der Waals surface area contributed by atoms with Crippen LogP contribution >= 0.6 is 0 Å². The molecule has 0 aliphatic heterocycles. The quantitative estimate of drug-likeness (QED) is 0.668. The second-order valence-corrected chi connectivity index (χ2v) is 0.568. The van der Waals surface area contributed by atoms with Gasteiger partial charge in [0, 0.05) is 35.3 Å². The van der Waals surface area contributed by atoms with Crippen LogP contribution in [0.4, 0.5) is 0 Å². The Hall–Kier alpha value is 0.608. The molecule has 0 amide bonds. The predicted molar refractivity (Wildman–Crippen MR) is 18.3 cm³/mol. The van der Waals surface area contributed by atoms with Crippen molar-refractivity contribution in [2.75, 3.05) is 14.2 Å². The Balaban J connectivity index is 0. The zero-order valence-corrected chi connectivity index (χ0v) is 6.74. The van der Waals surface area contributed by atoms with Gasteiger partial charge < -0.3 is 9.47 Å². The molecular weight excluding hydrogens is 252 g/mol. The van der Waals surface area contributed by atoms with Gasteiger partial charge in [-0.25, -0.2) is 0 Å². The molecule has 0 spiro atoms. The fourth-order valence-electron chi connectivity index (χ4n) is 0.0962. The van der Waals surface area contributed by atoms with Gasteiger partial charge in [0.2, 0.25) is 0 Å². The molecule has 0 fully saturated rings. The fourth-order valence-corrected chi connectivity index (χ4v) is 0.0962. The summed E-state index contributed by atoms with van der Waals surface area (Å²) in [5.41, 5.74) is 0. The molecule has 0 atom stereocenters. The third-order valence-corrected chi connectivity index (χ3v) is 0.192. The molecule has 0 aliphatic rings. The van der Waals surface area contributed by atoms with Crippen molar-refractivity contribution < 1.29 is 30.5 Å². The molecule has 0 radical (unpaired) electrons. The van der Waals surface area contributed by atoms with E-state index in [9.17, 15) is 0 Å². The topological polar surface area (TPSA) is 18.5 Å². The van der Waals surface area contributed by atoms with Gasteiger partial charge in [0.1, 0.15) is 0 Å². The van der Waals surface area contributed by atoms with Gasteiger partial charge >= 0.3 is 0 Å². The van der Waals surface area contributed by atoms with Crippen molar-refractivity contribution in [3.8, 4) is 0 Å². The van der Waals surface area contributed by atoms with Gasteiger partial charge in [0.25, 0.3) is 0 Å². The van der Waals surface area contributed by atoms with Gasteiger partial charge in [-0.1, -0.05) is 6.79 Å². The van der Waals surface area contributed by atoms with Crippen molar-refractivity contribution in [3.63, 3.8) is 0 Å². The number of hydrogen-bond donors (Lipinski definition) is 0. The molecule has 0 aliphatic carbocycles. The molecule has 0 unspecified atom stereocenters. The van der Waals surface area contributed by atoms with Crippen LogP contribution < -0.4 is 0 Å². The van der Waals surface area contributed by atoms with Crippen LogP contribution in [0.25, 0.3) is 0 Å². The summed E-state index contributed by atoms with van der Waals surface area (Å²) in [4.78, 5) is 0. The third kappa shape index (κ3) is 8.82. The first kappa shape index (κ1) is 9.79. The maximum atomic E-state index is 4.34. The summed E-state index contributed by atoms with van der Waals surface area (Å²) < 4.78 is 8.69. The van der Waals surface area contributed by atoms with Crippen LogP contribution in [-0.4, -0.2) is 14.2 Å². The maximum absolute atomic E-state index is 4.34. The SMILES string of the molecule is CO[CH-]OC.[W]. The van der Waals surface area contributed by atoms with Crippen LogP contribution in [0.2, 0.25) is 0 Å². The Bertz CT molecular complexity index is 16.3. The molecule has 6 heavy (non-hydrogen) atoms. The minimum atomic E-state index is 0. The molecule has 0 aromatic carbocycles. The molecule has 0 saturated carbocycles. The van der Waals surface area contributed by atoms with Crippen LogP contribution in [0.15, 0.2) is 0 Å². The second-order valence-electron chi connectivity index (χ2n) is 0.568. The summed E-state index contributed by atoms with van der Waals surface area (Å²) in [6.07, 6.45) is 0. The predicted octanol–water partition coefficient (Wildman–Crippen LogP) is 0.396. The summed E-state index contributed by atoms with van der Waals surface area (Å²) in [5.74, 6) is 0. The van der Waals surface area contributed by atoms with E-state index in [2.05, 4.69) is 9.47 Å². The molecule has 2 nitrogen and oxygen atoms in total. The zero-order chi connectivity index (χ0) is 4.12. The normalized spacial score (nSPS) is 7.00. The van der Waals surface area contributed by atoms with E-state index in [4.69, 9.17) is 0 Å². The molecule has 0 saturated heterocycles. The van der Waals surface area contributed by atoms with Crippen molar-refractivity contribution >= 4 is 0 Å². The number of rotatable bonds is 2. The van der Waals surface area contributed by atoms with E-state index in [0.717, 1.165) is 0 Å².